The van der Waals surface area contributed by atoms with E-state index in [0.717, 1.165) is 50.6 Å². The van der Waals surface area contributed by atoms with Crippen LogP contribution < -0.4 is 0 Å². The second-order valence-corrected chi connectivity index (χ2v) is 8.61. The number of nitrogens with zero attached hydrogens (tertiary/aromatic N) is 6. The molecular weight excluding hydrogens is 468 g/mol. The summed E-state index contributed by atoms with van der Waals surface area (Å²) < 4.78 is 0. The SMILES string of the molecule is [C-]#[N+]c1ccnc(-c2cc(-c3cccc(-c4cccnc4)n3)cc(-c3cccc(-c4cccnc4)n3)c2)c1. The maximum Gasteiger partial charge on any atom is 0.190 e. The molecule has 0 saturated heterocycles. The number of hydrogen-bond acceptors (Lipinski definition) is 5. The molecule has 0 spiro atoms. The van der Waals surface area contributed by atoms with Crippen molar-refractivity contribution in [2.45, 2.75) is 0 Å². The Balaban J connectivity index is 1.51. The van der Waals surface area contributed by atoms with Crippen molar-refractivity contribution in [3.63, 3.8) is 0 Å². The molecule has 6 aromatic rings. The molecule has 178 valence electrons. The molecule has 5 heterocycles. The average Bonchev–Trinajstić information content (AvgIpc) is 3.02. The summed E-state index contributed by atoms with van der Waals surface area (Å²) >= 11 is 0. The summed E-state index contributed by atoms with van der Waals surface area (Å²) in [7, 11) is 0. The molecule has 0 fully saturated rings. The monoisotopic (exact) mass is 488 g/mol. The van der Waals surface area contributed by atoms with Crippen LogP contribution in [0.4, 0.5) is 5.69 Å². The van der Waals surface area contributed by atoms with Crippen LogP contribution in [0.3, 0.4) is 0 Å². The lowest BCUT2D eigenvalue weighted by atomic mass is 9.98. The van der Waals surface area contributed by atoms with Crippen molar-refractivity contribution >= 4 is 5.69 Å². The van der Waals surface area contributed by atoms with Gasteiger partial charge in [-0.05, 0) is 78.9 Å². The summed E-state index contributed by atoms with van der Waals surface area (Å²) in [6, 6.07) is 29.4. The topological polar surface area (TPSA) is 68.8 Å². The van der Waals surface area contributed by atoms with E-state index in [4.69, 9.17) is 16.5 Å². The van der Waals surface area contributed by atoms with Gasteiger partial charge in [0.2, 0.25) is 0 Å². The van der Waals surface area contributed by atoms with Crippen molar-refractivity contribution in [2.75, 3.05) is 0 Å². The van der Waals surface area contributed by atoms with Gasteiger partial charge in [0.15, 0.2) is 5.69 Å². The summed E-state index contributed by atoms with van der Waals surface area (Å²) in [5, 5.41) is 0. The van der Waals surface area contributed by atoms with Gasteiger partial charge < -0.3 is 0 Å². The van der Waals surface area contributed by atoms with Gasteiger partial charge in [-0.25, -0.2) is 14.8 Å². The number of hydrogen-bond donors (Lipinski definition) is 0. The highest BCUT2D eigenvalue weighted by Crippen LogP contribution is 2.33. The minimum atomic E-state index is 0.537. The van der Waals surface area contributed by atoms with Crippen molar-refractivity contribution in [1.29, 1.82) is 0 Å². The maximum atomic E-state index is 7.43. The minimum Gasteiger partial charge on any atom is -0.264 e. The lowest BCUT2D eigenvalue weighted by molar-refractivity contribution is 1.27. The third-order valence-corrected chi connectivity index (χ3v) is 6.11. The molecule has 6 heteroatoms. The molecule has 5 aromatic heterocycles. The van der Waals surface area contributed by atoms with Crippen LogP contribution in [0.5, 0.6) is 0 Å². The normalized spacial score (nSPS) is 10.6. The second-order valence-electron chi connectivity index (χ2n) is 8.61. The fourth-order valence-electron chi connectivity index (χ4n) is 4.26. The number of benzene rings is 1. The van der Waals surface area contributed by atoms with E-state index in [1.165, 1.54) is 0 Å². The Morgan fingerprint density at radius 3 is 1.45 bits per heavy atom. The Kier molecular flexibility index (Phi) is 6.15. The van der Waals surface area contributed by atoms with Gasteiger partial charge in [-0.3, -0.25) is 15.0 Å². The molecule has 0 saturated carbocycles. The molecule has 38 heavy (non-hydrogen) atoms. The fraction of sp³-hybridized carbons (Fsp3) is 0. The van der Waals surface area contributed by atoms with Crippen LogP contribution in [0.1, 0.15) is 0 Å². The zero-order valence-electron chi connectivity index (χ0n) is 20.2. The molecule has 0 aliphatic rings. The molecule has 1 aromatic carbocycles. The highest BCUT2D eigenvalue weighted by molar-refractivity contribution is 5.80. The van der Waals surface area contributed by atoms with Crippen LogP contribution in [0.2, 0.25) is 0 Å². The highest BCUT2D eigenvalue weighted by atomic mass is 14.7. The Morgan fingerprint density at radius 2 is 0.974 bits per heavy atom. The standard InChI is InChI=1S/C32H20N6/c1-33-27-12-15-36-32(19-27)26-17-24(30-10-2-8-28(37-30)22-6-4-13-34-20-22)16-25(18-26)31-11-3-9-29(38-31)23-7-5-14-35-21-23/h2-21H. The summed E-state index contributed by atoms with van der Waals surface area (Å²) in [4.78, 5) is 26.5. The smallest absolute Gasteiger partial charge is 0.190 e. The molecule has 0 atom stereocenters. The van der Waals surface area contributed by atoms with Gasteiger partial charge >= 0.3 is 0 Å². The quantitative estimate of drug-likeness (QED) is 0.234. The van der Waals surface area contributed by atoms with Crippen LogP contribution in [0.15, 0.2) is 122 Å². The van der Waals surface area contributed by atoms with Crippen molar-refractivity contribution in [2.24, 2.45) is 0 Å². The van der Waals surface area contributed by atoms with E-state index in [2.05, 4.69) is 38.0 Å². The largest absolute Gasteiger partial charge is 0.264 e. The summed E-state index contributed by atoms with van der Waals surface area (Å²) in [5.41, 5.74) is 9.19. The van der Waals surface area contributed by atoms with Crippen LogP contribution in [0, 0.1) is 6.57 Å². The minimum absolute atomic E-state index is 0.537. The molecular formula is C32H20N6. The number of rotatable bonds is 5. The molecule has 0 radical (unpaired) electrons. The third-order valence-electron chi connectivity index (χ3n) is 6.11. The van der Waals surface area contributed by atoms with Crippen molar-refractivity contribution in [1.82, 2.24) is 24.9 Å². The first-order valence-corrected chi connectivity index (χ1v) is 12.0. The predicted octanol–water partition coefficient (Wildman–Crippen LogP) is 7.55. The zero-order valence-corrected chi connectivity index (χ0v) is 20.2. The molecule has 6 rings (SSSR count). The molecule has 0 bridgehead atoms. The van der Waals surface area contributed by atoms with Gasteiger partial charge in [0, 0.05) is 58.8 Å². The first-order valence-electron chi connectivity index (χ1n) is 12.0. The van der Waals surface area contributed by atoms with E-state index < -0.39 is 0 Å². The second kappa shape index (κ2) is 10.2. The van der Waals surface area contributed by atoms with E-state index >= 15 is 0 Å². The van der Waals surface area contributed by atoms with E-state index in [0.29, 0.717) is 11.4 Å². The summed E-state index contributed by atoms with van der Waals surface area (Å²) in [6.45, 7) is 7.43. The lowest BCUT2D eigenvalue weighted by Gasteiger charge is -2.12. The van der Waals surface area contributed by atoms with Crippen LogP contribution in [-0.4, -0.2) is 24.9 Å². The van der Waals surface area contributed by atoms with Crippen LogP contribution in [0.25, 0.3) is 61.1 Å². The van der Waals surface area contributed by atoms with Crippen molar-refractivity contribution in [3.8, 4) is 56.3 Å². The van der Waals surface area contributed by atoms with E-state index in [1.54, 1.807) is 30.7 Å². The molecule has 0 aliphatic carbocycles. The Hall–Kier alpha value is -5.54. The molecule has 0 unspecified atom stereocenters. The van der Waals surface area contributed by atoms with Crippen molar-refractivity contribution < 1.29 is 0 Å². The Bertz CT molecular complexity index is 1670. The molecule has 6 nitrogen and oxygen atoms in total. The maximum absolute atomic E-state index is 7.43. The van der Waals surface area contributed by atoms with Crippen molar-refractivity contribution in [3.05, 3.63) is 133 Å². The number of aromatic nitrogens is 5. The van der Waals surface area contributed by atoms with Gasteiger partial charge in [0.1, 0.15) is 0 Å². The average molecular weight is 489 g/mol. The zero-order chi connectivity index (χ0) is 25.7. The van der Waals surface area contributed by atoms with Crippen LogP contribution in [-0.2, 0) is 0 Å². The predicted molar refractivity (Wildman–Crippen MR) is 149 cm³/mol. The van der Waals surface area contributed by atoms with Gasteiger partial charge in [-0.1, -0.05) is 12.1 Å². The number of pyridine rings is 5. The fourth-order valence-corrected chi connectivity index (χ4v) is 4.26. The van der Waals surface area contributed by atoms with E-state index in [1.807, 2.05) is 73.1 Å². The van der Waals surface area contributed by atoms with Gasteiger partial charge in [0.25, 0.3) is 0 Å². The first-order chi connectivity index (χ1) is 18.8. The van der Waals surface area contributed by atoms with E-state index in [-0.39, 0.29) is 0 Å². The summed E-state index contributed by atoms with van der Waals surface area (Å²) in [6.07, 6.45) is 8.78. The third kappa shape index (κ3) is 4.77. The molecule has 0 N–H and O–H groups in total. The van der Waals surface area contributed by atoms with Gasteiger partial charge in [0.05, 0.1) is 35.0 Å². The van der Waals surface area contributed by atoms with Crippen LogP contribution >= 0.6 is 0 Å². The molecule has 0 amide bonds. The van der Waals surface area contributed by atoms with E-state index in [9.17, 15) is 0 Å². The van der Waals surface area contributed by atoms with Gasteiger partial charge in [-0.15, -0.1) is 0 Å². The van der Waals surface area contributed by atoms with Gasteiger partial charge in [-0.2, -0.15) is 0 Å². The lowest BCUT2D eigenvalue weighted by Crippen LogP contribution is -1.93. The molecule has 0 aliphatic heterocycles. The summed E-state index contributed by atoms with van der Waals surface area (Å²) in [5.74, 6) is 0. The highest BCUT2D eigenvalue weighted by Gasteiger charge is 2.12. The first kappa shape index (κ1) is 22.9. The Morgan fingerprint density at radius 1 is 0.474 bits per heavy atom. The Labute approximate surface area is 220 Å².